The highest BCUT2D eigenvalue weighted by Crippen LogP contribution is 2.13. The van der Waals surface area contributed by atoms with Gasteiger partial charge in [0.05, 0.1) is 11.8 Å². The second-order valence-electron chi connectivity index (χ2n) is 3.86. The lowest BCUT2D eigenvalue weighted by Gasteiger charge is -2.06. The van der Waals surface area contributed by atoms with Gasteiger partial charge in [0.2, 0.25) is 0 Å². The van der Waals surface area contributed by atoms with Gasteiger partial charge in [-0.3, -0.25) is 4.68 Å². The van der Waals surface area contributed by atoms with Crippen LogP contribution in [0.1, 0.15) is 37.2 Å². The van der Waals surface area contributed by atoms with Crippen molar-refractivity contribution >= 4 is 0 Å². The van der Waals surface area contributed by atoms with E-state index in [2.05, 4.69) is 18.9 Å². The predicted molar refractivity (Wildman–Crippen MR) is 57.4 cm³/mol. The third-order valence-corrected chi connectivity index (χ3v) is 2.64. The minimum absolute atomic E-state index is 0.246. The number of nitrogens with zero attached hydrogens (tertiary/aromatic N) is 2. The molecule has 0 saturated carbocycles. The van der Waals surface area contributed by atoms with Crippen LogP contribution in [0.4, 0.5) is 0 Å². The van der Waals surface area contributed by atoms with E-state index >= 15 is 0 Å². The van der Waals surface area contributed by atoms with Crippen LogP contribution in [-0.2, 0) is 13.0 Å². The van der Waals surface area contributed by atoms with Crippen molar-refractivity contribution in [3.8, 4) is 0 Å². The zero-order chi connectivity index (χ0) is 10.7. The van der Waals surface area contributed by atoms with Gasteiger partial charge < -0.3 is 5.11 Å². The molecule has 1 N–H and O–H groups in total. The van der Waals surface area contributed by atoms with Crippen LogP contribution >= 0.6 is 0 Å². The van der Waals surface area contributed by atoms with Crippen LogP contribution in [-0.4, -0.2) is 21.0 Å². The van der Waals surface area contributed by atoms with Crippen molar-refractivity contribution in [1.82, 2.24) is 9.78 Å². The maximum absolute atomic E-state index is 9.20. The Bertz CT molecular complexity index is 302. The van der Waals surface area contributed by atoms with Crippen LogP contribution < -0.4 is 0 Å². The topological polar surface area (TPSA) is 38.0 Å². The van der Waals surface area contributed by atoms with Gasteiger partial charge in [-0.05, 0) is 39.2 Å². The fourth-order valence-corrected chi connectivity index (χ4v) is 1.77. The van der Waals surface area contributed by atoms with Crippen LogP contribution in [0.5, 0.6) is 0 Å². The summed E-state index contributed by atoms with van der Waals surface area (Å²) in [7, 11) is 0. The number of aliphatic hydroxyl groups excluding tert-OH is 1. The predicted octanol–water partition coefficient (Wildman–Crippen LogP) is 1.83. The minimum atomic E-state index is -0.246. The smallest absolute Gasteiger partial charge is 0.0628 e. The summed E-state index contributed by atoms with van der Waals surface area (Å²) in [6.45, 7) is 8.92. The lowest BCUT2D eigenvalue weighted by atomic mass is 10.1. The first-order chi connectivity index (χ1) is 6.56. The molecule has 0 aromatic carbocycles. The van der Waals surface area contributed by atoms with E-state index in [1.54, 1.807) is 0 Å². The average molecular weight is 196 g/mol. The number of rotatable bonds is 4. The molecule has 0 spiro atoms. The molecular formula is C11H20N2O. The van der Waals surface area contributed by atoms with Crippen LogP contribution in [0.15, 0.2) is 0 Å². The minimum Gasteiger partial charge on any atom is -0.393 e. The molecule has 14 heavy (non-hydrogen) atoms. The first kappa shape index (κ1) is 11.2. The maximum atomic E-state index is 9.20. The normalized spacial score (nSPS) is 13.2. The molecule has 1 heterocycles. The van der Waals surface area contributed by atoms with Crippen molar-refractivity contribution in [3.63, 3.8) is 0 Å². The molecule has 1 aromatic rings. The second kappa shape index (κ2) is 4.60. The first-order valence-electron chi connectivity index (χ1n) is 5.27. The van der Waals surface area contributed by atoms with E-state index in [0.29, 0.717) is 0 Å². The molecule has 0 saturated heterocycles. The summed E-state index contributed by atoms with van der Waals surface area (Å²) in [6.07, 6.45) is 1.56. The molecule has 0 radical (unpaired) electrons. The van der Waals surface area contributed by atoms with Crippen molar-refractivity contribution in [2.45, 2.75) is 53.2 Å². The van der Waals surface area contributed by atoms with Gasteiger partial charge in [-0.15, -0.1) is 0 Å². The monoisotopic (exact) mass is 196 g/mol. The molecule has 3 heteroatoms. The Hall–Kier alpha value is -0.830. The number of hydrogen-bond acceptors (Lipinski definition) is 2. The molecule has 1 atom stereocenters. The fourth-order valence-electron chi connectivity index (χ4n) is 1.77. The van der Waals surface area contributed by atoms with Crippen molar-refractivity contribution in [2.75, 3.05) is 0 Å². The lowest BCUT2D eigenvalue weighted by molar-refractivity contribution is 0.176. The lowest BCUT2D eigenvalue weighted by Crippen LogP contribution is -2.09. The molecule has 0 aliphatic carbocycles. The van der Waals surface area contributed by atoms with Gasteiger partial charge in [-0.1, -0.05) is 6.92 Å². The highest BCUT2D eigenvalue weighted by molar-refractivity contribution is 5.24. The molecule has 3 nitrogen and oxygen atoms in total. The third-order valence-electron chi connectivity index (χ3n) is 2.64. The zero-order valence-corrected chi connectivity index (χ0v) is 9.54. The molecule has 1 aromatic heterocycles. The Morgan fingerprint density at radius 1 is 1.43 bits per heavy atom. The molecular weight excluding hydrogens is 176 g/mol. The van der Waals surface area contributed by atoms with Crippen LogP contribution in [0.2, 0.25) is 0 Å². The van der Waals surface area contributed by atoms with Crippen molar-refractivity contribution < 1.29 is 5.11 Å². The van der Waals surface area contributed by atoms with Gasteiger partial charge in [-0.25, -0.2) is 0 Å². The van der Waals surface area contributed by atoms with Gasteiger partial charge in [0.25, 0.3) is 0 Å². The second-order valence-corrected chi connectivity index (χ2v) is 3.86. The summed E-state index contributed by atoms with van der Waals surface area (Å²) in [5, 5.41) is 13.7. The molecule has 1 unspecified atom stereocenters. The standard InChI is InChI=1S/C11H20N2O/c1-5-11-9(3)12-13(10(11)4)7-6-8(2)14/h8,14H,5-7H2,1-4H3. The number of aromatic nitrogens is 2. The Morgan fingerprint density at radius 3 is 2.50 bits per heavy atom. The van der Waals surface area contributed by atoms with Crippen LogP contribution in [0.25, 0.3) is 0 Å². The first-order valence-corrected chi connectivity index (χ1v) is 5.27. The van der Waals surface area contributed by atoms with Gasteiger partial charge in [0.1, 0.15) is 0 Å². The molecule has 0 aliphatic rings. The Morgan fingerprint density at radius 2 is 2.07 bits per heavy atom. The van der Waals surface area contributed by atoms with Crippen molar-refractivity contribution in [2.24, 2.45) is 0 Å². The molecule has 1 rings (SSSR count). The van der Waals surface area contributed by atoms with Gasteiger partial charge in [0, 0.05) is 12.2 Å². The summed E-state index contributed by atoms with van der Waals surface area (Å²) in [5.74, 6) is 0. The van der Waals surface area contributed by atoms with Crippen LogP contribution in [0, 0.1) is 13.8 Å². The highest BCUT2D eigenvalue weighted by Gasteiger charge is 2.09. The van der Waals surface area contributed by atoms with E-state index in [0.717, 1.165) is 25.1 Å². The van der Waals surface area contributed by atoms with Gasteiger partial charge in [-0.2, -0.15) is 5.10 Å². The van der Waals surface area contributed by atoms with Gasteiger partial charge in [0.15, 0.2) is 0 Å². The number of hydrogen-bond donors (Lipinski definition) is 1. The molecule has 0 bridgehead atoms. The quantitative estimate of drug-likeness (QED) is 0.798. The molecule has 0 amide bonds. The fraction of sp³-hybridized carbons (Fsp3) is 0.727. The third kappa shape index (κ3) is 2.35. The number of aliphatic hydroxyl groups is 1. The van der Waals surface area contributed by atoms with E-state index in [-0.39, 0.29) is 6.10 Å². The van der Waals surface area contributed by atoms with Crippen molar-refractivity contribution in [3.05, 3.63) is 17.0 Å². The zero-order valence-electron chi connectivity index (χ0n) is 9.54. The van der Waals surface area contributed by atoms with E-state index in [4.69, 9.17) is 0 Å². The Balaban J connectivity index is 2.78. The summed E-state index contributed by atoms with van der Waals surface area (Å²) in [6, 6.07) is 0. The Labute approximate surface area is 85.8 Å². The van der Waals surface area contributed by atoms with Crippen LogP contribution in [0.3, 0.4) is 0 Å². The molecule has 0 fully saturated rings. The van der Waals surface area contributed by atoms with E-state index < -0.39 is 0 Å². The summed E-state index contributed by atoms with van der Waals surface area (Å²) < 4.78 is 2.00. The average Bonchev–Trinajstić information content (AvgIpc) is 2.38. The van der Waals surface area contributed by atoms with E-state index in [1.807, 2.05) is 18.5 Å². The summed E-state index contributed by atoms with van der Waals surface area (Å²) in [5.41, 5.74) is 3.71. The maximum Gasteiger partial charge on any atom is 0.0628 e. The van der Waals surface area contributed by atoms with Crippen molar-refractivity contribution in [1.29, 1.82) is 0 Å². The molecule has 0 aliphatic heterocycles. The summed E-state index contributed by atoms with van der Waals surface area (Å²) >= 11 is 0. The number of aryl methyl sites for hydroxylation is 2. The molecule has 80 valence electrons. The highest BCUT2D eigenvalue weighted by atomic mass is 16.3. The summed E-state index contributed by atoms with van der Waals surface area (Å²) in [4.78, 5) is 0. The Kier molecular flexibility index (Phi) is 3.69. The largest absolute Gasteiger partial charge is 0.393 e. The van der Waals surface area contributed by atoms with E-state index in [1.165, 1.54) is 11.3 Å². The van der Waals surface area contributed by atoms with Gasteiger partial charge >= 0.3 is 0 Å². The van der Waals surface area contributed by atoms with E-state index in [9.17, 15) is 5.11 Å². The SMILES string of the molecule is CCc1c(C)nn(CCC(C)O)c1C.